The minimum Gasteiger partial charge on any atom is -0.508 e. The summed E-state index contributed by atoms with van der Waals surface area (Å²) >= 11 is 0. The molecule has 0 saturated heterocycles. The van der Waals surface area contributed by atoms with Crippen molar-refractivity contribution in [3.05, 3.63) is 54.1 Å². The lowest BCUT2D eigenvalue weighted by Crippen LogP contribution is -2.15. The molecule has 0 aliphatic carbocycles. The van der Waals surface area contributed by atoms with Crippen molar-refractivity contribution in [1.82, 2.24) is 0 Å². The molecule has 4 heteroatoms. The summed E-state index contributed by atoms with van der Waals surface area (Å²) in [5.41, 5.74) is 0.948. The summed E-state index contributed by atoms with van der Waals surface area (Å²) < 4.78 is 11.2. The van der Waals surface area contributed by atoms with Crippen molar-refractivity contribution in [2.24, 2.45) is 5.92 Å². The molecule has 0 aliphatic heterocycles. The summed E-state index contributed by atoms with van der Waals surface area (Å²) in [5.74, 6) is 1.08. The Kier molecular flexibility index (Phi) is 5.67. The quantitative estimate of drug-likeness (QED) is 0.814. The molecule has 118 valence electrons. The highest BCUT2D eigenvalue weighted by Gasteiger charge is 2.18. The Balaban J connectivity index is 2.21. The Morgan fingerprint density at radius 3 is 2.32 bits per heavy atom. The molecule has 2 atom stereocenters. The van der Waals surface area contributed by atoms with E-state index in [2.05, 4.69) is 6.92 Å². The molecule has 0 radical (unpaired) electrons. The summed E-state index contributed by atoms with van der Waals surface area (Å²) in [6, 6.07) is 13.9. The molecule has 0 fully saturated rings. The van der Waals surface area contributed by atoms with Gasteiger partial charge in [-0.1, -0.05) is 31.2 Å². The highest BCUT2D eigenvalue weighted by Crippen LogP contribution is 2.33. The fourth-order valence-corrected chi connectivity index (χ4v) is 2.37. The largest absolute Gasteiger partial charge is 0.508 e. The highest BCUT2D eigenvalue weighted by atomic mass is 16.5. The van der Waals surface area contributed by atoms with Gasteiger partial charge in [-0.3, -0.25) is 0 Å². The Hall–Kier alpha value is -2.20. The van der Waals surface area contributed by atoms with E-state index in [9.17, 15) is 10.2 Å². The van der Waals surface area contributed by atoms with Crippen molar-refractivity contribution in [1.29, 1.82) is 0 Å². The SMILES string of the molecule is COCC(C)CC(Oc1ccccc1O)c1ccc(O)cc1. The minimum atomic E-state index is -0.223. The maximum atomic E-state index is 9.90. The molecule has 0 aliphatic rings. The number of hydrogen-bond donors (Lipinski definition) is 2. The van der Waals surface area contributed by atoms with Crippen LogP contribution >= 0.6 is 0 Å². The first-order chi connectivity index (χ1) is 10.6. The van der Waals surface area contributed by atoms with Crippen LogP contribution in [0.1, 0.15) is 25.0 Å². The summed E-state index contributed by atoms with van der Waals surface area (Å²) in [5, 5.41) is 19.3. The van der Waals surface area contributed by atoms with E-state index in [4.69, 9.17) is 9.47 Å². The monoisotopic (exact) mass is 302 g/mol. The molecule has 2 aromatic carbocycles. The molecule has 2 N–H and O–H groups in total. The minimum absolute atomic E-state index is 0.116. The smallest absolute Gasteiger partial charge is 0.161 e. The van der Waals surface area contributed by atoms with E-state index in [0.717, 1.165) is 12.0 Å². The summed E-state index contributed by atoms with van der Waals surface area (Å²) in [4.78, 5) is 0. The predicted octanol–water partition coefficient (Wildman–Crippen LogP) is 3.89. The van der Waals surface area contributed by atoms with Crippen LogP contribution in [0.2, 0.25) is 0 Å². The van der Waals surface area contributed by atoms with Gasteiger partial charge >= 0.3 is 0 Å². The number of hydrogen-bond acceptors (Lipinski definition) is 4. The molecule has 0 bridgehead atoms. The van der Waals surface area contributed by atoms with Gasteiger partial charge in [-0.25, -0.2) is 0 Å². The maximum absolute atomic E-state index is 9.90. The molecule has 0 saturated carbocycles. The average molecular weight is 302 g/mol. The van der Waals surface area contributed by atoms with Crippen LogP contribution in [0.5, 0.6) is 17.2 Å². The third-order valence-electron chi connectivity index (χ3n) is 3.47. The predicted molar refractivity (Wildman–Crippen MR) is 85.2 cm³/mol. The van der Waals surface area contributed by atoms with Crippen molar-refractivity contribution in [3.63, 3.8) is 0 Å². The Morgan fingerprint density at radius 2 is 1.68 bits per heavy atom. The van der Waals surface area contributed by atoms with E-state index in [1.165, 1.54) is 0 Å². The number of aromatic hydroxyl groups is 2. The van der Waals surface area contributed by atoms with Crippen LogP contribution in [0, 0.1) is 5.92 Å². The topological polar surface area (TPSA) is 58.9 Å². The van der Waals surface area contributed by atoms with Crippen molar-refractivity contribution in [2.45, 2.75) is 19.4 Å². The average Bonchev–Trinajstić information content (AvgIpc) is 2.50. The van der Waals surface area contributed by atoms with Gasteiger partial charge in [-0.05, 0) is 42.2 Å². The first-order valence-electron chi connectivity index (χ1n) is 7.32. The second-order valence-corrected chi connectivity index (χ2v) is 5.46. The van der Waals surface area contributed by atoms with Crippen LogP contribution in [-0.4, -0.2) is 23.9 Å². The molecule has 2 rings (SSSR count). The number of methoxy groups -OCH3 is 1. The van der Waals surface area contributed by atoms with Gasteiger partial charge in [0.05, 0.1) is 0 Å². The summed E-state index contributed by atoms with van der Waals surface area (Å²) in [7, 11) is 1.68. The van der Waals surface area contributed by atoms with Crippen LogP contribution in [-0.2, 0) is 4.74 Å². The zero-order chi connectivity index (χ0) is 15.9. The summed E-state index contributed by atoms with van der Waals surface area (Å²) in [6.07, 6.45) is 0.520. The van der Waals surface area contributed by atoms with Crippen LogP contribution in [0.15, 0.2) is 48.5 Å². The number of rotatable bonds is 7. The molecule has 2 unspecified atom stereocenters. The Bertz CT molecular complexity index is 580. The molecule has 0 spiro atoms. The highest BCUT2D eigenvalue weighted by molar-refractivity contribution is 5.39. The fourth-order valence-electron chi connectivity index (χ4n) is 2.37. The third-order valence-corrected chi connectivity index (χ3v) is 3.47. The molecule has 4 nitrogen and oxygen atoms in total. The molecular formula is C18H22O4. The van der Waals surface area contributed by atoms with E-state index in [1.54, 1.807) is 37.4 Å². The molecule has 2 aromatic rings. The molecule has 0 aromatic heterocycles. The normalized spacial score (nSPS) is 13.5. The van der Waals surface area contributed by atoms with E-state index in [1.807, 2.05) is 18.2 Å². The van der Waals surface area contributed by atoms with Crippen LogP contribution in [0.25, 0.3) is 0 Å². The van der Waals surface area contributed by atoms with Gasteiger partial charge in [0.15, 0.2) is 11.5 Å². The number of para-hydroxylation sites is 2. The van der Waals surface area contributed by atoms with E-state index in [0.29, 0.717) is 18.3 Å². The lowest BCUT2D eigenvalue weighted by atomic mass is 9.98. The second-order valence-electron chi connectivity index (χ2n) is 5.46. The second kappa shape index (κ2) is 7.71. The van der Waals surface area contributed by atoms with Crippen molar-refractivity contribution in [2.75, 3.05) is 13.7 Å². The first kappa shape index (κ1) is 16.2. The van der Waals surface area contributed by atoms with Gasteiger partial charge in [0.25, 0.3) is 0 Å². The van der Waals surface area contributed by atoms with E-state index in [-0.39, 0.29) is 17.6 Å². The molecule has 22 heavy (non-hydrogen) atoms. The Labute approximate surface area is 130 Å². The number of benzene rings is 2. The zero-order valence-electron chi connectivity index (χ0n) is 12.9. The van der Waals surface area contributed by atoms with Crippen molar-refractivity contribution in [3.8, 4) is 17.2 Å². The van der Waals surface area contributed by atoms with Crippen LogP contribution < -0.4 is 4.74 Å². The van der Waals surface area contributed by atoms with Gasteiger partial charge in [0.1, 0.15) is 11.9 Å². The fraction of sp³-hybridized carbons (Fsp3) is 0.333. The van der Waals surface area contributed by atoms with Gasteiger partial charge in [0.2, 0.25) is 0 Å². The van der Waals surface area contributed by atoms with Gasteiger partial charge in [0, 0.05) is 13.7 Å². The van der Waals surface area contributed by atoms with Crippen LogP contribution in [0.4, 0.5) is 0 Å². The lowest BCUT2D eigenvalue weighted by molar-refractivity contribution is 0.112. The van der Waals surface area contributed by atoms with Gasteiger partial charge in [-0.15, -0.1) is 0 Å². The van der Waals surface area contributed by atoms with E-state index < -0.39 is 0 Å². The third kappa shape index (κ3) is 4.40. The van der Waals surface area contributed by atoms with Crippen LogP contribution in [0.3, 0.4) is 0 Å². The molecule has 0 heterocycles. The van der Waals surface area contributed by atoms with Crippen molar-refractivity contribution >= 4 is 0 Å². The lowest BCUT2D eigenvalue weighted by Gasteiger charge is -2.23. The summed E-state index contributed by atoms with van der Waals surface area (Å²) in [6.45, 7) is 2.73. The van der Waals surface area contributed by atoms with Gasteiger partial charge < -0.3 is 19.7 Å². The number of ether oxygens (including phenoxy) is 2. The maximum Gasteiger partial charge on any atom is 0.161 e. The first-order valence-corrected chi connectivity index (χ1v) is 7.32. The molecular weight excluding hydrogens is 280 g/mol. The van der Waals surface area contributed by atoms with Crippen molar-refractivity contribution < 1.29 is 19.7 Å². The molecule has 0 amide bonds. The number of phenolic OH excluding ortho intramolecular Hbond substituents is 2. The Morgan fingerprint density at radius 1 is 1.00 bits per heavy atom. The standard InChI is InChI=1S/C18H22O4/c1-13(12-21-2)11-18(14-7-9-15(19)10-8-14)22-17-6-4-3-5-16(17)20/h3-10,13,18-20H,11-12H2,1-2H3. The zero-order valence-corrected chi connectivity index (χ0v) is 12.9. The number of phenols is 2. The van der Waals surface area contributed by atoms with E-state index >= 15 is 0 Å². The van der Waals surface area contributed by atoms with Gasteiger partial charge in [-0.2, -0.15) is 0 Å².